The lowest BCUT2D eigenvalue weighted by Crippen LogP contribution is -2.13. The largest absolute Gasteiger partial charge is 0.378 e. The number of rotatable bonds is 1. The minimum atomic E-state index is 1.09. The topological polar surface area (TPSA) is 3.24 Å². The number of allylic oxidation sites excluding steroid dienone is 3. The molecule has 0 saturated carbocycles. The van der Waals surface area contributed by atoms with Gasteiger partial charge in [-0.05, 0) is 25.3 Å². The van der Waals surface area contributed by atoms with E-state index in [1.807, 2.05) is 0 Å². The molecular formula is C9H14N. The molecular weight excluding hydrogens is 122 g/mol. The Hall–Kier alpha value is -0.720. The van der Waals surface area contributed by atoms with Gasteiger partial charge in [-0.3, -0.25) is 0 Å². The molecule has 0 atom stereocenters. The van der Waals surface area contributed by atoms with Crippen LogP contribution in [-0.4, -0.2) is 19.0 Å². The van der Waals surface area contributed by atoms with Crippen molar-refractivity contribution in [1.82, 2.24) is 4.90 Å². The van der Waals surface area contributed by atoms with Crippen molar-refractivity contribution in [3.63, 3.8) is 0 Å². The molecule has 1 aliphatic carbocycles. The van der Waals surface area contributed by atoms with Gasteiger partial charge >= 0.3 is 0 Å². The molecule has 0 N–H and O–H groups in total. The highest BCUT2D eigenvalue weighted by Crippen LogP contribution is 2.18. The van der Waals surface area contributed by atoms with Crippen LogP contribution in [0.3, 0.4) is 0 Å². The predicted octanol–water partition coefficient (Wildman–Crippen LogP) is 1.99. The van der Waals surface area contributed by atoms with Crippen molar-refractivity contribution in [2.75, 3.05) is 14.1 Å². The summed E-state index contributed by atoms with van der Waals surface area (Å²) < 4.78 is 0. The lowest BCUT2D eigenvalue weighted by molar-refractivity contribution is 0.518. The predicted molar refractivity (Wildman–Crippen MR) is 44.4 cm³/mol. The van der Waals surface area contributed by atoms with Gasteiger partial charge in [0, 0.05) is 19.8 Å². The molecule has 0 aromatic carbocycles. The molecule has 1 heteroatoms. The molecule has 0 heterocycles. The lowest BCUT2D eigenvalue weighted by atomic mass is 10.0. The highest BCUT2D eigenvalue weighted by Gasteiger charge is 2.04. The summed E-state index contributed by atoms with van der Waals surface area (Å²) in [5.41, 5.74) is 2.71. The Kier molecular flexibility index (Phi) is 2.15. The first-order valence-electron chi connectivity index (χ1n) is 3.60. The summed E-state index contributed by atoms with van der Waals surface area (Å²) in [4.78, 5) is 2.14. The van der Waals surface area contributed by atoms with E-state index in [4.69, 9.17) is 0 Å². The molecule has 1 radical (unpaired) electrons. The van der Waals surface area contributed by atoms with Crippen molar-refractivity contribution in [2.24, 2.45) is 0 Å². The minimum absolute atomic E-state index is 1.09. The fourth-order valence-corrected chi connectivity index (χ4v) is 1.16. The number of hydrogen-bond donors (Lipinski definition) is 0. The normalized spacial score (nSPS) is 17.9. The Morgan fingerprint density at radius 2 is 2.10 bits per heavy atom. The molecule has 0 saturated heterocycles. The van der Waals surface area contributed by atoms with E-state index >= 15 is 0 Å². The van der Waals surface area contributed by atoms with E-state index in [0.29, 0.717) is 0 Å². The maximum atomic E-state index is 2.25. The van der Waals surface area contributed by atoms with Crippen LogP contribution < -0.4 is 0 Å². The Balaban J connectivity index is 2.74. The number of hydrogen-bond acceptors (Lipinski definition) is 1. The van der Waals surface area contributed by atoms with Crippen LogP contribution in [0.15, 0.2) is 23.4 Å². The van der Waals surface area contributed by atoms with Crippen molar-refractivity contribution < 1.29 is 0 Å². The summed E-state index contributed by atoms with van der Waals surface area (Å²) in [6.45, 7) is 2.15. The van der Waals surface area contributed by atoms with E-state index in [1.54, 1.807) is 0 Å². The van der Waals surface area contributed by atoms with Crippen LogP contribution in [0, 0.1) is 6.42 Å². The van der Waals surface area contributed by atoms with Crippen LogP contribution in [-0.2, 0) is 0 Å². The third-order valence-electron chi connectivity index (χ3n) is 1.72. The van der Waals surface area contributed by atoms with E-state index in [2.05, 4.69) is 44.5 Å². The molecule has 0 aromatic rings. The molecule has 0 amide bonds. The zero-order valence-electron chi connectivity index (χ0n) is 6.89. The van der Waals surface area contributed by atoms with E-state index in [9.17, 15) is 0 Å². The summed E-state index contributed by atoms with van der Waals surface area (Å²) in [5.74, 6) is 0. The van der Waals surface area contributed by atoms with Crippen LogP contribution in [0.4, 0.5) is 0 Å². The maximum Gasteiger partial charge on any atom is 0.0350 e. The Labute approximate surface area is 63.0 Å². The van der Waals surface area contributed by atoms with E-state index < -0.39 is 0 Å². The second kappa shape index (κ2) is 2.91. The standard InChI is InChI=1S/C9H14N/c1-8-6-4-5-7-9(8)10(2)3/h5-7H,4H2,1-3H3. The van der Waals surface area contributed by atoms with Gasteiger partial charge in [0.1, 0.15) is 0 Å². The van der Waals surface area contributed by atoms with Crippen LogP contribution >= 0.6 is 0 Å². The first kappa shape index (κ1) is 7.39. The second-order valence-electron chi connectivity index (χ2n) is 2.80. The van der Waals surface area contributed by atoms with Crippen LogP contribution in [0.2, 0.25) is 0 Å². The molecule has 1 nitrogen and oxygen atoms in total. The van der Waals surface area contributed by atoms with E-state index in [0.717, 1.165) is 6.42 Å². The fraction of sp³-hybridized carbons (Fsp3) is 0.444. The molecule has 10 heavy (non-hydrogen) atoms. The van der Waals surface area contributed by atoms with Gasteiger partial charge in [0.05, 0.1) is 0 Å². The smallest absolute Gasteiger partial charge is 0.0350 e. The zero-order valence-corrected chi connectivity index (χ0v) is 6.89. The number of likely N-dealkylation sites (N-methyl/N-ethyl adjacent to an activating group) is 1. The molecule has 0 unspecified atom stereocenters. The summed E-state index contributed by atoms with van der Waals surface area (Å²) in [7, 11) is 4.14. The highest BCUT2D eigenvalue weighted by molar-refractivity contribution is 5.33. The number of nitrogens with zero attached hydrogens (tertiary/aromatic N) is 1. The molecule has 0 aromatic heterocycles. The average molecular weight is 136 g/mol. The van der Waals surface area contributed by atoms with Crippen LogP contribution in [0.1, 0.15) is 13.3 Å². The van der Waals surface area contributed by atoms with Crippen molar-refractivity contribution >= 4 is 0 Å². The van der Waals surface area contributed by atoms with Gasteiger partial charge in [-0.1, -0.05) is 12.2 Å². The first-order valence-corrected chi connectivity index (χ1v) is 3.60. The van der Waals surface area contributed by atoms with Crippen molar-refractivity contribution in [3.8, 4) is 0 Å². The van der Waals surface area contributed by atoms with Gasteiger partial charge < -0.3 is 4.90 Å². The molecule has 55 valence electrons. The van der Waals surface area contributed by atoms with Crippen LogP contribution in [0.5, 0.6) is 0 Å². The van der Waals surface area contributed by atoms with Crippen LogP contribution in [0.25, 0.3) is 0 Å². The summed E-state index contributed by atoms with van der Waals surface area (Å²) >= 11 is 0. The van der Waals surface area contributed by atoms with Crippen molar-refractivity contribution in [2.45, 2.75) is 13.3 Å². The Morgan fingerprint density at radius 3 is 2.50 bits per heavy atom. The summed E-state index contributed by atoms with van der Waals surface area (Å²) in [6.07, 6.45) is 7.69. The van der Waals surface area contributed by atoms with Crippen molar-refractivity contribution in [3.05, 3.63) is 29.8 Å². The highest BCUT2D eigenvalue weighted by atomic mass is 15.1. The van der Waals surface area contributed by atoms with E-state index in [1.165, 1.54) is 11.3 Å². The Bertz CT molecular complexity index is 175. The van der Waals surface area contributed by atoms with Gasteiger partial charge in [-0.25, -0.2) is 0 Å². The first-order chi connectivity index (χ1) is 4.72. The third-order valence-corrected chi connectivity index (χ3v) is 1.72. The monoisotopic (exact) mass is 136 g/mol. The lowest BCUT2D eigenvalue weighted by Gasteiger charge is -2.20. The minimum Gasteiger partial charge on any atom is -0.378 e. The fourth-order valence-electron chi connectivity index (χ4n) is 1.16. The summed E-state index contributed by atoms with van der Waals surface area (Å²) in [6, 6.07) is 0. The third kappa shape index (κ3) is 1.41. The van der Waals surface area contributed by atoms with Gasteiger partial charge in [-0.15, -0.1) is 0 Å². The molecule has 0 aliphatic heterocycles. The van der Waals surface area contributed by atoms with Gasteiger partial charge in [0.2, 0.25) is 0 Å². The molecule has 1 aliphatic rings. The SMILES string of the molecule is CC1=CC[CH]C=C1N(C)C. The maximum absolute atomic E-state index is 2.25. The molecule has 0 spiro atoms. The molecule has 1 rings (SSSR count). The quantitative estimate of drug-likeness (QED) is 0.533. The molecule has 0 fully saturated rings. The van der Waals surface area contributed by atoms with Crippen molar-refractivity contribution in [1.29, 1.82) is 0 Å². The second-order valence-corrected chi connectivity index (χ2v) is 2.80. The Morgan fingerprint density at radius 1 is 1.40 bits per heavy atom. The zero-order chi connectivity index (χ0) is 7.56. The summed E-state index contributed by atoms with van der Waals surface area (Å²) in [5, 5.41) is 0. The average Bonchev–Trinajstić information content (AvgIpc) is 1.88. The van der Waals surface area contributed by atoms with Gasteiger partial charge in [0.25, 0.3) is 0 Å². The van der Waals surface area contributed by atoms with Gasteiger partial charge in [0.15, 0.2) is 0 Å². The van der Waals surface area contributed by atoms with Gasteiger partial charge in [-0.2, -0.15) is 0 Å². The van der Waals surface area contributed by atoms with E-state index in [-0.39, 0.29) is 0 Å². The molecule has 0 bridgehead atoms.